The van der Waals surface area contributed by atoms with Crippen LogP contribution in [-0.2, 0) is 19.6 Å². The van der Waals surface area contributed by atoms with Crippen molar-refractivity contribution in [1.29, 1.82) is 5.26 Å². The fourth-order valence-corrected chi connectivity index (χ4v) is 1.98. The molecule has 1 rings (SSSR count). The Morgan fingerprint density at radius 2 is 1.80 bits per heavy atom. The molecule has 0 aromatic heterocycles. The van der Waals surface area contributed by atoms with E-state index in [1.165, 1.54) is 31.2 Å². The van der Waals surface area contributed by atoms with E-state index in [1.54, 1.807) is 6.07 Å². The number of nitrogens with zero attached hydrogens (tertiary/aromatic N) is 1. The van der Waals surface area contributed by atoms with Crippen LogP contribution < -0.4 is 21.1 Å². The summed E-state index contributed by atoms with van der Waals surface area (Å²) in [5.74, 6) is -1.60. The molecule has 4 amide bonds. The maximum atomic E-state index is 11.8. The molecule has 0 unspecified atom stereocenters. The molecule has 0 bridgehead atoms. The third kappa shape index (κ3) is 6.42. The minimum Gasteiger partial charge on any atom is -0.360 e. The van der Waals surface area contributed by atoms with Crippen molar-refractivity contribution >= 4 is 33.6 Å². The third-order valence-electron chi connectivity index (χ3n) is 2.73. The van der Waals surface area contributed by atoms with E-state index in [1.807, 2.05) is 10.6 Å². The molecule has 132 valence electrons. The highest BCUT2D eigenvalue weighted by Crippen LogP contribution is 2.13. The number of carbonyl (C=O) groups is 3. The predicted molar refractivity (Wildman–Crippen MR) is 87.1 cm³/mol. The van der Waals surface area contributed by atoms with E-state index in [0.29, 0.717) is 5.69 Å². The molecule has 0 saturated heterocycles. The largest absolute Gasteiger partial charge is 0.360 e. The second kappa shape index (κ2) is 8.57. The first kappa shape index (κ1) is 19.8. The molecule has 1 aromatic rings. The van der Waals surface area contributed by atoms with Crippen LogP contribution >= 0.6 is 0 Å². The van der Waals surface area contributed by atoms with Crippen molar-refractivity contribution in [1.82, 2.24) is 10.6 Å². The Balaban J connectivity index is 2.76. The number of hydrogen-bond acceptors (Lipinski definition) is 7. The van der Waals surface area contributed by atoms with E-state index in [0.717, 1.165) is 6.20 Å². The molecule has 0 aliphatic rings. The smallest absolute Gasteiger partial charge is 0.328 e. The summed E-state index contributed by atoms with van der Waals surface area (Å²) in [6.07, 6.45) is 1.08. The van der Waals surface area contributed by atoms with Gasteiger partial charge in [-0.2, -0.15) is 5.26 Å². The van der Waals surface area contributed by atoms with E-state index in [2.05, 4.69) is 5.32 Å². The van der Waals surface area contributed by atoms with Crippen LogP contribution in [0, 0.1) is 11.3 Å². The van der Waals surface area contributed by atoms with Crippen molar-refractivity contribution in [2.45, 2.75) is 18.2 Å². The molecule has 0 spiro atoms. The summed E-state index contributed by atoms with van der Waals surface area (Å²) in [5.41, 5.74) is -0.0619. The zero-order valence-electron chi connectivity index (χ0n) is 13.1. The molecule has 0 fully saturated rings. The number of carbonyl (C=O) groups excluding carboxylic acids is 3. The molecule has 5 N–H and O–H groups in total. The first-order chi connectivity index (χ1) is 11.7. The molecule has 0 heterocycles. The van der Waals surface area contributed by atoms with Crippen LogP contribution in [-0.4, -0.2) is 26.3 Å². The highest BCUT2D eigenvalue weighted by molar-refractivity contribution is 7.89. The summed E-state index contributed by atoms with van der Waals surface area (Å²) < 4.78 is 22.3. The molecule has 0 radical (unpaired) electrons. The average Bonchev–Trinajstić information content (AvgIpc) is 2.54. The maximum absolute atomic E-state index is 11.8. The number of benzene rings is 1. The molecular weight excluding hydrogens is 350 g/mol. The highest BCUT2D eigenvalue weighted by Gasteiger charge is 2.14. The number of urea groups is 1. The minimum absolute atomic E-state index is 0.0542. The fraction of sp³-hybridized carbons (Fsp3) is 0.143. The number of imide groups is 2. The third-order valence-corrected chi connectivity index (χ3v) is 3.66. The number of primary sulfonamides is 1. The van der Waals surface area contributed by atoms with Gasteiger partial charge in [-0.15, -0.1) is 0 Å². The van der Waals surface area contributed by atoms with Crippen LogP contribution in [0.15, 0.2) is 40.9 Å². The van der Waals surface area contributed by atoms with E-state index in [-0.39, 0.29) is 11.3 Å². The Morgan fingerprint density at radius 3 is 2.28 bits per heavy atom. The lowest BCUT2D eigenvalue weighted by Gasteiger charge is -2.05. The van der Waals surface area contributed by atoms with E-state index in [4.69, 9.17) is 10.4 Å². The van der Waals surface area contributed by atoms with Gasteiger partial charge in [-0.25, -0.2) is 18.4 Å². The number of hydrogen-bond donors (Lipinski definition) is 4. The van der Waals surface area contributed by atoms with Crippen LogP contribution in [0.4, 0.5) is 10.5 Å². The Bertz CT molecular complexity index is 853. The highest BCUT2D eigenvalue weighted by atomic mass is 32.2. The van der Waals surface area contributed by atoms with Gasteiger partial charge in [0.25, 0.3) is 5.91 Å². The summed E-state index contributed by atoms with van der Waals surface area (Å²) in [7, 11) is -3.83. The van der Waals surface area contributed by atoms with E-state index >= 15 is 0 Å². The van der Waals surface area contributed by atoms with Gasteiger partial charge in [0.1, 0.15) is 11.6 Å². The van der Waals surface area contributed by atoms with Crippen LogP contribution in [0.1, 0.15) is 13.3 Å². The van der Waals surface area contributed by atoms with Crippen molar-refractivity contribution in [2.75, 3.05) is 5.32 Å². The summed E-state index contributed by atoms with van der Waals surface area (Å²) in [6, 6.07) is 5.76. The van der Waals surface area contributed by atoms with Crippen molar-refractivity contribution in [3.8, 4) is 6.07 Å². The van der Waals surface area contributed by atoms with Gasteiger partial charge >= 0.3 is 6.03 Å². The van der Waals surface area contributed by atoms with Crippen LogP contribution in [0.2, 0.25) is 0 Å². The zero-order chi connectivity index (χ0) is 19.0. The second-order valence-corrected chi connectivity index (χ2v) is 6.13. The number of rotatable bonds is 5. The molecule has 0 aliphatic carbocycles. The van der Waals surface area contributed by atoms with Crippen molar-refractivity contribution < 1.29 is 22.8 Å². The normalized spacial score (nSPS) is 11.2. The number of nitrogens with two attached hydrogens (primary N) is 1. The molecule has 10 nitrogen and oxygen atoms in total. The van der Waals surface area contributed by atoms with Gasteiger partial charge in [0.05, 0.1) is 4.90 Å². The van der Waals surface area contributed by atoms with E-state index < -0.39 is 33.4 Å². The molecule has 0 saturated carbocycles. The average molecular weight is 365 g/mol. The van der Waals surface area contributed by atoms with Gasteiger partial charge in [0.15, 0.2) is 0 Å². The van der Waals surface area contributed by atoms with E-state index in [9.17, 15) is 22.8 Å². The minimum atomic E-state index is -3.83. The number of anilines is 1. The Kier molecular flexibility index (Phi) is 6.80. The quantitative estimate of drug-likeness (QED) is 0.417. The van der Waals surface area contributed by atoms with Crippen molar-refractivity contribution in [3.05, 3.63) is 36.0 Å². The zero-order valence-corrected chi connectivity index (χ0v) is 13.9. The summed E-state index contributed by atoms with van der Waals surface area (Å²) in [6.45, 7) is 1.52. The van der Waals surface area contributed by atoms with Gasteiger partial charge in [-0.1, -0.05) is 6.92 Å². The molecule has 1 aromatic carbocycles. The molecule has 11 heteroatoms. The Hall–Kier alpha value is -3.23. The standard InChI is InChI=1S/C14H15N5O5S/c1-2-12(20)18-14(22)19-13(21)9(7-15)8-17-10-3-5-11(6-4-10)25(16,23)24/h3-6,8,17H,2H2,1H3,(H2,16,23,24)(H2,18,19,20,21,22)/b9-8+. The first-order valence-corrected chi connectivity index (χ1v) is 8.36. The predicted octanol–water partition coefficient (Wildman–Crippen LogP) is -0.0842. The van der Waals surface area contributed by atoms with Gasteiger partial charge in [-0.05, 0) is 24.3 Å². The Morgan fingerprint density at radius 1 is 1.20 bits per heavy atom. The molecule has 0 atom stereocenters. The van der Waals surface area contributed by atoms with Crippen LogP contribution in [0.3, 0.4) is 0 Å². The van der Waals surface area contributed by atoms with Crippen molar-refractivity contribution in [3.63, 3.8) is 0 Å². The SMILES string of the molecule is CCC(=O)NC(=O)NC(=O)/C(C#N)=C/Nc1ccc(S(N)(=O)=O)cc1. The Labute approximate surface area is 143 Å². The number of sulfonamides is 1. The monoisotopic (exact) mass is 365 g/mol. The lowest BCUT2D eigenvalue weighted by atomic mass is 10.3. The van der Waals surface area contributed by atoms with Gasteiger partial charge in [-0.3, -0.25) is 20.2 Å². The lowest BCUT2D eigenvalue weighted by Crippen LogP contribution is -2.42. The summed E-state index contributed by atoms with van der Waals surface area (Å²) >= 11 is 0. The lowest BCUT2D eigenvalue weighted by molar-refractivity contribution is -0.119. The summed E-state index contributed by atoms with van der Waals surface area (Å²) in [5, 5.41) is 20.2. The fourth-order valence-electron chi connectivity index (χ4n) is 1.46. The van der Waals surface area contributed by atoms with Crippen LogP contribution in [0.5, 0.6) is 0 Å². The number of amides is 4. The topological polar surface area (TPSA) is 171 Å². The second-order valence-electron chi connectivity index (χ2n) is 4.57. The van der Waals surface area contributed by atoms with Gasteiger partial charge in [0, 0.05) is 18.3 Å². The van der Waals surface area contributed by atoms with Gasteiger partial charge in [0.2, 0.25) is 15.9 Å². The number of nitriles is 1. The number of nitrogens with one attached hydrogen (secondary N) is 3. The first-order valence-electron chi connectivity index (χ1n) is 6.82. The maximum Gasteiger partial charge on any atom is 0.328 e. The van der Waals surface area contributed by atoms with Gasteiger partial charge < -0.3 is 5.32 Å². The van der Waals surface area contributed by atoms with Crippen molar-refractivity contribution in [2.24, 2.45) is 5.14 Å². The molecule has 25 heavy (non-hydrogen) atoms. The summed E-state index contributed by atoms with van der Waals surface area (Å²) in [4.78, 5) is 34.0. The molecule has 0 aliphatic heterocycles. The van der Waals surface area contributed by atoms with Crippen LogP contribution in [0.25, 0.3) is 0 Å². The molecular formula is C14H15N5O5S.